The van der Waals surface area contributed by atoms with Gasteiger partial charge in [-0.15, -0.1) is 11.3 Å². The molecule has 1 aromatic rings. The topological polar surface area (TPSA) is 3.24 Å². The van der Waals surface area contributed by atoms with Gasteiger partial charge in [0.05, 0.1) is 5.00 Å². The first-order valence-corrected chi connectivity index (χ1v) is 4.71. The third-order valence-corrected chi connectivity index (χ3v) is 2.50. The zero-order valence-corrected chi connectivity index (χ0v) is 7.66. The molecule has 0 atom stereocenters. The molecule has 1 nitrogen and oxygen atoms in total. The van der Waals surface area contributed by atoms with Gasteiger partial charge in [-0.1, -0.05) is 0 Å². The van der Waals surface area contributed by atoms with Gasteiger partial charge in [0.15, 0.2) is 0 Å². The molecule has 0 spiro atoms. The van der Waals surface area contributed by atoms with Crippen molar-refractivity contribution in [1.29, 1.82) is 0 Å². The van der Waals surface area contributed by atoms with Crippen LogP contribution in [0.5, 0.6) is 0 Å². The second kappa shape index (κ2) is 3.88. The number of rotatable bonds is 3. The van der Waals surface area contributed by atoms with E-state index in [1.54, 1.807) is 11.3 Å². The third kappa shape index (κ3) is 1.92. The molecule has 1 heterocycles. The number of hydrogen-bond donors (Lipinski definition) is 1. The number of hydrogen-bond acceptors (Lipinski definition) is 3. The van der Waals surface area contributed by atoms with Crippen molar-refractivity contribution < 1.29 is 0 Å². The number of nitrogens with zero attached hydrogens (tertiary/aromatic N) is 1. The van der Waals surface area contributed by atoms with E-state index in [-0.39, 0.29) is 0 Å². The number of thiol groups is 1. The minimum absolute atomic E-state index is 0.911. The van der Waals surface area contributed by atoms with E-state index in [2.05, 4.69) is 42.1 Å². The van der Waals surface area contributed by atoms with Crippen molar-refractivity contribution in [1.82, 2.24) is 0 Å². The molecule has 0 aromatic carbocycles. The van der Waals surface area contributed by atoms with Crippen molar-refractivity contribution in [2.45, 2.75) is 0 Å². The van der Waals surface area contributed by atoms with E-state index in [0.717, 1.165) is 12.3 Å². The molecule has 0 saturated carbocycles. The molecule has 0 aliphatic heterocycles. The molecular weight excluding hydrogens is 162 g/mol. The molecule has 1 rings (SSSR count). The van der Waals surface area contributed by atoms with Crippen molar-refractivity contribution in [3.05, 3.63) is 17.5 Å². The Balaban J connectivity index is 2.50. The molecule has 1 aromatic heterocycles. The predicted molar refractivity (Wildman–Crippen MR) is 51.4 cm³/mol. The van der Waals surface area contributed by atoms with Crippen molar-refractivity contribution in [3.63, 3.8) is 0 Å². The molecule has 0 aliphatic rings. The van der Waals surface area contributed by atoms with Gasteiger partial charge in [-0.3, -0.25) is 0 Å². The van der Waals surface area contributed by atoms with Crippen LogP contribution in [0.25, 0.3) is 0 Å². The Bertz CT molecular complexity index is 172. The zero-order chi connectivity index (χ0) is 7.40. The monoisotopic (exact) mass is 173 g/mol. The summed E-state index contributed by atoms with van der Waals surface area (Å²) in [5.74, 6) is 0.911. The van der Waals surface area contributed by atoms with E-state index >= 15 is 0 Å². The summed E-state index contributed by atoms with van der Waals surface area (Å²) in [5.41, 5.74) is 0. The molecule has 0 unspecified atom stereocenters. The molecule has 0 aliphatic carbocycles. The Hall–Kier alpha value is -0.150. The summed E-state index contributed by atoms with van der Waals surface area (Å²) >= 11 is 5.92. The van der Waals surface area contributed by atoms with E-state index in [1.165, 1.54) is 5.00 Å². The molecule has 0 saturated heterocycles. The first-order valence-electron chi connectivity index (χ1n) is 3.20. The third-order valence-electron chi connectivity index (χ3n) is 1.32. The molecule has 0 fully saturated rings. The Morgan fingerprint density at radius 2 is 2.50 bits per heavy atom. The number of anilines is 1. The molecular formula is C7H11NS2. The van der Waals surface area contributed by atoms with Crippen LogP contribution in [0.1, 0.15) is 0 Å². The second-order valence-electron chi connectivity index (χ2n) is 2.10. The Morgan fingerprint density at radius 3 is 3.00 bits per heavy atom. The summed E-state index contributed by atoms with van der Waals surface area (Å²) < 4.78 is 0. The van der Waals surface area contributed by atoms with E-state index in [0.29, 0.717) is 0 Å². The standard InChI is InChI=1S/C7H11NS2/c1-8(4-5-9)7-3-2-6-10-7/h2-3,6,9H,4-5H2,1H3. The van der Waals surface area contributed by atoms with E-state index in [4.69, 9.17) is 0 Å². The van der Waals surface area contributed by atoms with Gasteiger partial charge in [-0.25, -0.2) is 0 Å². The average molecular weight is 173 g/mol. The summed E-state index contributed by atoms with van der Waals surface area (Å²) in [6, 6.07) is 4.18. The Kier molecular flexibility index (Phi) is 3.09. The van der Waals surface area contributed by atoms with Crippen molar-refractivity contribution in [2.75, 3.05) is 24.2 Å². The van der Waals surface area contributed by atoms with Gasteiger partial charge in [0, 0.05) is 19.3 Å². The summed E-state index contributed by atoms with van der Waals surface area (Å²) in [6.45, 7) is 1.02. The van der Waals surface area contributed by atoms with Crippen molar-refractivity contribution >= 4 is 29.0 Å². The molecule has 3 heteroatoms. The highest BCUT2D eigenvalue weighted by atomic mass is 32.1. The minimum atomic E-state index is 0.911. The molecule has 0 amide bonds. The quantitative estimate of drug-likeness (QED) is 0.685. The van der Waals surface area contributed by atoms with Crippen LogP contribution in [0.15, 0.2) is 17.5 Å². The fraction of sp³-hybridized carbons (Fsp3) is 0.429. The molecule has 0 bridgehead atoms. The Morgan fingerprint density at radius 1 is 1.70 bits per heavy atom. The van der Waals surface area contributed by atoms with E-state index < -0.39 is 0 Å². The molecule has 0 N–H and O–H groups in total. The van der Waals surface area contributed by atoms with Gasteiger partial charge in [-0.2, -0.15) is 12.6 Å². The van der Waals surface area contributed by atoms with Crippen LogP contribution in [0, 0.1) is 0 Å². The smallest absolute Gasteiger partial charge is 0.0906 e. The van der Waals surface area contributed by atoms with Crippen LogP contribution in [0.4, 0.5) is 5.00 Å². The summed E-state index contributed by atoms with van der Waals surface area (Å²) in [5, 5.41) is 3.40. The van der Waals surface area contributed by atoms with Gasteiger partial charge in [0.25, 0.3) is 0 Å². The molecule has 0 radical (unpaired) electrons. The summed E-state index contributed by atoms with van der Waals surface area (Å²) in [7, 11) is 2.09. The van der Waals surface area contributed by atoms with Gasteiger partial charge < -0.3 is 4.90 Å². The highest BCUT2D eigenvalue weighted by molar-refractivity contribution is 7.80. The van der Waals surface area contributed by atoms with Gasteiger partial charge in [0.2, 0.25) is 0 Å². The predicted octanol–water partition coefficient (Wildman–Crippen LogP) is 2.11. The summed E-state index contributed by atoms with van der Waals surface area (Å²) in [4.78, 5) is 2.21. The fourth-order valence-electron chi connectivity index (χ4n) is 0.747. The van der Waals surface area contributed by atoms with E-state index in [9.17, 15) is 0 Å². The molecule has 10 heavy (non-hydrogen) atoms. The van der Waals surface area contributed by atoms with Crippen LogP contribution < -0.4 is 4.90 Å². The lowest BCUT2D eigenvalue weighted by molar-refractivity contribution is 0.994. The van der Waals surface area contributed by atoms with E-state index in [1.807, 2.05) is 0 Å². The highest BCUT2D eigenvalue weighted by Crippen LogP contribution is 2.18. The number of thiophene rings is 1. The minimum Gasteiger partial charge on any atom is -0.366 e. The maximum absolute atomic E-state index is 4.15. The normalized spacial score (nSPS) is 9.80. The highest BCUT2D eigenvalue weighted by Gasteiger charge is 1.97. The lowest BCUT2D eigenvalue weighted by Crippen LogP contribution is -2.17. The summed E-state index contributed by atoms with van der Waals surface area (Å²) in [6.07, 6.45) is 0. The largest absolute Gasteiger partial charge is 0.366 e. The SMILES string of the molecule is CN(CCS)c1cccs1. The maximum Gasteiger partial charge on any atom is 0.0906 e. The zero-order valence-electron chi connectivity index (χ0n) is 5.95. The van der Waals surface area contributed by atoms with Crippen LogP contribution in [-0.2, 0) is 0 Å². The van der Waals surface area contributed by atoms with Crippen molar-refractivity contribution in [3.8, 4) is 0 Å². The second-order valence-corrected chi connectivity index (χ2v) is 3.47. The van der Waals surface area contributed by atoms with Gasteiger partial charge >= 0.3 is 0 Å². The first kappa shape index (κ1) is 7.95. The van der Waals surface area contributed by atoms with Crippen LogP contribution in [-0.4, -0.2) is 19.3 Å². The van der Waals surface area contributed by atoms with Gasteiger partial charge in [-0.05, 0) is 17.5 Å². The fourth-order valence-corrected chi connectivity index (χ4v) is 1.77. The lowest BCUT2D eigenvalue weighted by atomic mass is 10.5. The average Bonchev–Trinajstić information content (AvgIpc) is 2.38. The Labute approximate surface area is 71.1 Å². The maximum atomic E-state index is 4.15. The van der Waals surface area contributed by atoms with Crippen LogP contribution in [0.2, 0.25) is 0 Å². The van der Waals surface area contributed by atoms with Crippen LogP contribution in [0.3, 0.4) is 0 Å². The van der Waals surface area contributed by atoms with Gasteiger partial charge in [0.1, 0.15) is 0 Å². The van der Waals surface area contributed by atoms with Crippen molar-refractivity contribution in [2.24, 2.45) is 0 Å². The molecule has 56 valence electrons. The first-order chi connectivity index (χ1) is 4.84. The lowest BCUT2D eigenvalue weighted by Gasteiger charge is -2.14. The van der Waals surface area contributed by atoms with Crippen LogP contribution >= 0.6 is 24.0 Å².